The molecule has 1 N–H and O–H groups in total. The predicted molar refractivity (Wildman–Crippen MR) is 80.4 cm³/mol. The van der Waals surface area contributed by atoms with E-state index in [1.165, 1.54) is 12.1 Å². The van der Waals surface area contributed by atoms with Crippen LogP contribution in [-0.4, -0.2) is 36.4 Å². The van der Waals surface area contributed by atoms with Crippen molar-refractivity contribution in [2.75, 3.05) is 6.54 Å². The van der Waals surface area contributed by atoms with E-state index in [-0.39, 0.29) is 9.92 Å². The Morgan fingerprint density at radius 1 is 1.50 bits per heavy atom. The van der Waals surface area contributed by atoms with Crippen molar-refractivity contribution >= 4 is 43.5 Å². The monoisotopic (exact) mass is 383 g/mol. The minimum absolute atomic E-state index is 0.0538. The van der Waals surface area contributed by atoms with E-state index in [2.05, 4.69) is 15.9 Å². The van der Waals surface area contributed by atoms with Crippen LogP contribution in [0.25, 0.3) is 0 Å². The standard InChI is InChI=1S/C12H15BrClNO4S/c1-3-8(2)15(7-12(16)17)20(18,19)11-5-4-9(13)6-10(11)14/h4-6,8H,3,7H2,1-2H3,(H,16,17). The molecule has 0 aromatic heterocycles. The lowest BCUT2D eigenvalue weighted by Crippen LogP contribution is -2.41. The third-order valence-electron chi connectivity index (χ3n) is 2.85. The second-order valence-electron chi connectivity index (χ2n) is 4.28. The molecule has 1 aromatic rings. The maximum absolute atomic E-state index is 12.6. The highest BCUT2D eigenvalue weighted by atomic mass is 79.9. The molecule has 0 saturated heterocycles. The van der Waals surface area contributed by atoms with Crippen molar-refractivity contribution in [1.82, 2.24) is 4.31 Å². The van der Waals surface area contributed by atoms with Crippen LogP contribution in [0, 0.1) is 0 Å². The number of carbonyl (C=O) groups is 1. The number of rotatable bonds is 6. The van der Waals surface area contributed by atoms with Crippen LogP contribution < -0.4 is 0 Å². The number of carboxylic acid groups (broad SMARTS) is 1. The topological polar surface area (TPSA) is 74.7 Å². The van der Waals surface area contributed by atoms with E-state index in [9.17, 15) is 13.2 Å². The molecule has 1 aromatic carbocycles. The molecule has 1 atom stereocenters. The van der Waals surface area contributed by atoms with E-state index in [0.29, 0.717) is 10.9 Å². The van der Waals surface area contributed by atoms with Gasteiger partial charge in [-0.1, -0.05) is 34.5 Å². The first kappa shape index (κ1) is 17.4. The van der Waals surface area contributed by atoms with Crippen molar-refractivity contribution in [3.63, 3.8) is 0 Å². The Morgan fingerprint density at radius 2 is 2.10 bits per heavy atom. The quantitative estimate of drug-likeness (QED) is 0.818. The van der Waals surface area contributed by atoms with Crippen molar-refractivity contribution in [2.24, 2.45) is 0 Å². The number of carboxylic acids is 1. The van der Waals surface area contributed by atoms with Gasteiger partial charge in [-0.05, 0) is 31.5 Å². The molecule has 1 rings (SSSR count). The molecule has 0 radical (unpaired) electrons. The SMILES string of the molecule is CCC(C)N(CC(=O)O)S(=O)(=O)c1ccc(Br)cc1Cl. The largest absolute Gasteiger partial charge is 0.480 e. The van der Waals surface area contributed by atoms with Gasteiger partial charge in [-0.15, -0.1) is 0 Å². The highest BCUT2D eigenvalue weighted by molar-refractivity contribution is 9.10. The molecular formula is C12H15BrClNO4S. The van der Waals surface area contributed by atoms with Gasteiger partial charge in [-0.3, -0.25) is 4.79 Å². The molecule has 1 unspecified atom stereocenters. The first-order chi connectivity index (χ1) is 9.20. The molecule has 0 bridgehead atoms. The van der Waals surface area contributed by atoms with E-state index in [0.717, 1.165) is 4.31 Å². The van der Waals surface area contributed by atoms with Gasteiger partial charge >= 0.3 is 5.97 Å². The molecule has 0 aliphatic rings. The summed E-state index contributed by atoms with van der Waals surface area (Å²) in [5, 5.41) is 8.96. The van der Waals surface area contributed by atoms with Gasteiger partial charge in [0, 0.05) is 10.5 Å². The van der Waals surface area contributed by atoms with Crippen LogP contribution in [0.15, 0.2) is 27.6 Å². The Bertz CT molecular complexity index is 605. The Balaban J connectivity index is 3.32. The summed E-state index contributed by atoms with van der Waals surface area (Å²) in [6, 6.07) is 3.94. The molecule has 0 aliphatic carbocycles. The highest BCUT2D eigenvalue weighted by Crippen LogP contribution is 2.29. The van der Waals surface area contributed by atoms with Crippen LogP contribution in [0.4, 0.5) is 0 Å². The van der Waals surface area contributed by atoms with Gasteiger partial charge in [0.2, 0.25) is 10.0 Å². The number of benzene rings is 1. The Labute approximate surface area is 131 Å². The Kier molecular flexibility index (Phi) is 6.00. The summed E-state index contributed by atoms with van der Waals surface area (Å²) in [4.78, 5) is 10.8. The molecule has 0 aliphatic heterocycles. The van der Waals surface area contributed by atoms with Crippen LogP contribution in [0.5, 0.6) is 0 Å². The fraction of sp³-hybridized carbons (Fsp3) is 0.417. The summed E-state index contributed by atoms with van der Waals surface area (Å²) in [5.41, 5.74) is 0. The van der Waals surface area contributed by atoms with Crippen molar-refractivity contribution in [2.45, 2.75) is 31.2 Å². The number of nitrogens with zero attached hydrogens (tertiary/aromatic N) is 1. The van der Waals surface area contributed by atoms with Gasteiger partial charge in [0.1, 0.15) is 11.4 Å². The van der Waals surface area contributed by atoms with E-state index in [1.54, 1.807) is 19.9 Å². The number of hydrogen-bond acceptors (Lipinski definition) is 3. The number of hydrogen-bond donors (Lipinski definition) is 1. The van der Waals surface area contributed by atoms with E-state index < -0.39 is 28.6 Å². The van der Waals surface area contributed by atoms with Crippen molar-refractivity contribution in [3.8, 4) is 0 Å². The zero-order chi connectivity index (χ0) is 15.5. The second kappa shape index (κ2) is 6.89. The van der Waals surface area contributed by atoms with Crippen LogP contribution in [-0.2, 0) is 14.8 Å². The van der Waals surface area contributed by atoms with Gasteiger partial charge < -0.3 is 5.11 Å². The highest BCUT2D eigenvalue weighted by Gasteiger charge is 2.31. The summed E-state index contributed by atoms with van der Waals surface area (Å²) in [5.74, 6) is -1.21. The minimum atomic E-state index is -3.96. The number of aliphatic carboxylic acids is 1. The number of sulfonamides is 1. The molecule has 5 nitrogen and oxygen atoms in total. The van der Waals surface area contributed by atoms with Crippen LogP contribution in [0.3, 0.4) is 0 Å². The minimum Gasteiger partial charge on any atom is -0.480 e. The fourth-order valence-corrected chi connectivity index (χ4v) is 4.29. The maximum Gasteiger partial charge on any atom is 0.318 e. The molecule has 0 spiro atoms. The molecule has 112 valence electrons. The smallest absolute Gasteiger partial charge is 0.318 e. The predicted octanol–water partition coefficient (Wildman–Crippen LogP) is 2.98. The van der Waals surface area contributed by atoms with Crippen molar-refractivity contribution in [3.05, 3.63) is 27.7 Å². The summed E-state index contributed by atoms with van der Waals surface area (Å²) < 4.78 is 26.7. The zero-order valence-corrected chi connectivity index (χ0v) is 14.2. The van der Waals surface area contributed by atoms with E-state index >= 15 is 0 Å². The number of halogens is 2. The Hall–Kier alpha value is -0.630. The normalized spacial score (nSPS) is 13.4. The van der Waals surface area contributed by atoms with Gasteiger partial charge in [0.15, 0.2) is 0 Å². The maximum atomic E-state index is 12.6. The molecule has 8 heteroatoms. The lowest BCUT2D eigenvalue weighted by Gasteiger charge is -2.26. The van der Waals surface area contributed by atoms with E-state index in [4.69, 9.17) is 16.7 Å². The molecule has 0 saturated carbocycles. The Morgan fingerprint density at radius 3 is 2.55 bits per heavy atom. The van der Waals surface area contributed by atoms with Gasteiger partial charge in [-0.25, -0.2) is 8.42 Å². The third-order valence-corrected chi connectivity index (χ3v) is 5.79. The molecule has 0 fully saturated rings. The molecule has 20 heavy (non-hydrogen) atoms. The third kappa shape index (κ3) is 3.94. The second-order valence-corrected chi connectivity index (χ2v) is 7.46. The van der Waals surface area contributed by atoms with Crippen molar-refractivity contribution in [1.29, 1.82) is 0 Å². The van der Waals surface area contributed by atoms with Gasteiger partial charge in [-0.2, -0.15) is 4.31 Å². The fourth-order valence-electron chi connectivity index (χ4n) is 1.63. The van der Waals surface area contributed by atoms with Gasteiger partial charge in [0.05, 0.1) is 5.02 Å². The summed E-state index contributed by atoms with van der Waals surface area (Å²) >= 11 is 9.16. The molecular weight excluding hydrogens is 370 g/mol. The molecule has 0 heterocycles. The van der Waals surface area contributed by atoms with E-state index in [1.807, 2.05) is 0 Å². The summed E-state index contributed by atoms with van der Waals surface area (Å²) in [6.07, 6.45) is 0.501. The van der Waals surface area contributed by atoms with Crippen LogP contribution in [0.1, 0.15) is 20.3 Å². The lowest BCUT2D eigenvalue weighted by molar-refractivity contribution is -0.137. The van der Waals surface area contributed by atoms with Gasteiger partial charge in [0.25, 0.3) is 0 Å². The van der Waals surface area contributed by atoms with Crippen LogP contribution >= 0.6 is 27.5 Å². The zero-order valence-electron chi connectivity index (χ0n) is 11.0. The van der Waals surface area contributed by atoms with Crippen molar-refractivity contribution < 1.29 is 18.3 Å². The summed E-state index contributed by atoms with van der Waals surface area (Å²) in [7, 11) is -3.96. The average molecular weight is 385 g/mol. The van der Waals surface area contributed by atoms with Crippen LogP contribution in [0.2, 0.25) is 5.02 Å². The first-order valence-electron chi connectivity index (χ1n) is 5.88. The summed E-state index contributed by atoms with van der Waals surface area (Å²) in [6.45, 7) is 2.86. The lowest BCUT2D eigenvalue weighted by atomic mass is 10.2. The molecule has 0 amide bonds. The average Bonchev–Trinajstić information content (AvgIpc) is 2.34. The first-order valence-corrected chi connectivity index (χ1v) is 8.50.